The number of aromatic nitrogens is 4. The number of hydrogen-bond acceptors (Lipinski definition) is 6. The Kier molecular flexibility index (Phi) is 4.12. The van der Waals surface area contributed by atoms with Crippen LogP contribution in [-0.4, -0.2) is 32.8 Å². The quantitative estimate of drug-likeness (QED) is 0.684. The highest BCUT2D eigenvalue weighted by molar-refractivity contribution is 6.30. The van der Waals surface area contributed by atoms with E-state index in [9.17, 15) is 4.79 Å². The van der Waals surface area contributed by atoms with Gasteiger partial charge in [0.25, 0.3) is 0 Å². The topological polar surface area (TPSA) is 81.9 Å². The molecule has 0 fully saturated rings. The van der Waals surface area contributed by atoms with Gasteiger partial charge in [-0.2, -0.15) is 4.68 Å². The van der Waals surface area contributed by atoms with Crippen LogP contribution in [0.5, 0.6) is 0 Å². The van der Waals surface area contributed by atoms with Crippen molar-refractivity contribution in [1.82, 2.24) is 20.2 Å². The van der Waals surface area contributed by atoms with Crippen molar-refractivity contribution in [2.24, 2.45) is 0 Å². The second-order valence-corrected chi connectivity index (χ2v) is 5.39. The molecule has 0 aliphatic carbocycles. The molecule has 2 aromatic rings. The predicted octanol–water partition coefficient (Wildman–Crippen LogP) is 2.34. The fourth-order valence-corrected chi connectivity index (χ4v) is 2.57. The number of ether oxygens (including phenoxy) is 1. The van der Waals surface area contributed by atoms with Crippen molar-refractivity contribution in [3.8, 4) is 0 Å². The van der Waals surface area contributed by atoms with E-state index in [1.807, 2.05) is 12.1 Å². The maximum Gasteiger partial charge on any atom is 0.338 e. The summed E-state index contributed by atoms with van der Waals surface area (Å²) in [6.07, 6.45) is 1.52. The molecule has 1 N–H and O–H groups in total. The van der Waals surface area contributed by atoms with Gasteiger partial charge in [-0.3, -0.25) is 0 Å². The maximum absolute atomic E-state index is 12.5. The fraction of sp³-hybridized carbons (Fsp3) is 0.200. The predicted molar refractivity (Wildman–Crippen MR) is 84.9 cm³/mol. The number of carbonyl (C=O) groups is 1. The molecule has 0 saturated heterocycles. The number of anilines is 1. The number of allylic oxidation sites excluding steroid dienone is 1. The Morgan fingerprint density at radius 2 is 2.22 bits per heavy atom. The number of fused-ring (bicyclic) bond motifs is 1. The minimum Gasteiger partial charge on any atom is -0.458 e. The van der Waals surface area contributed by atoms with Gasteiger partial charge in [-0.05, 0) is 35.0 Å². The zero-order valence-electron chi connectivity index (χ0n) is 12.4. The summed E-state index contributed by atoms with van der Waals surface area (Å²) in [5.74, 6) is 0.0127. The average Bonchev–Trinajstić information content (AvgIpc) is 3.00. The lowest BCUT2D eigenvalue weighted by atomic mass is 9.96. The van der Waals surface area contributed by atoms with E-state index >= 15 is 0 Å². The van der Waals surface area contributed by atoms with E-state index in [-0.39, 0.29) is 6.61 Å². The molecule has 7 nitrogen and oxygen atoms in total. The fourth-order valence-electron chi connectivity index (χ4n) is 2.44. The largest absolute Gasteiger partial charge is 0.458 e. The molecule has 0 saturated carbocycles. The molecule has 1 aromatic heterocycles. The second-order valence-electron chi connectivity index (χ2n) is 4.95. The molecule has 3 rings (SSSR count). The van der Waals surface area contributed by atoms with Gasteiger partial charge in [0.05, 0.1) is 5.57 Å². The highest BCUT2D eigenvalue weighted by atomic mass is 35.5. The molecular formula is C15H14ClN5O2. The van der Waals surface area contributed by atoms with Crippen LogP contribution < -0.4 is 5.32 Å². The van der Waals surface area contributed by atoms with Crippen LogP contribution in [0.25, 0.3) is 0 Å². The van der Waals surface area contributed by atoms with Crippen LogP contribution in [0.1, 0.15) is 18.5 Å². The summed E-state index contributed by atoms with van der Waals surface area (Å²) in [5.41, 5.74) is 1.91. The van der Waals surface area contributed by atoms with Crippen LogP contribution >= 0.6 is 11.6 Å². The molecule has 1 atom stereocenters. The molecule has 1 aliphatic rings. The Labute approximate surface area is 137 Å². The minimum absolute atomic E-state index is 0.130. The summed E-state index contributed by atoms with van der Waals surface area (Å²) in [6, 6.07) is 6.68. The Balaban J connectivity index is 2.08. The van der Waals surface area contributed by atoms with E-state index in [0.29, 0.717) is 22.2 Å². The SMILES string of the molecule is C=CCOC(=O)C1=C(C)Nc2nnnn2C1c1ccc(Cl)cc1. The summed E-state index contributed by atoms with van der Waals surface area (Å²) in [6.45, 7) is 5.46. The summed E-state index contributed by atoms with van der Waals surface area (Å²) in [5, 5.41) is 15.2. The number of hydrogen-bond donors (Lipinski definition) is 1. The Morgan fingerprint density at radius 3 is 2.91 bits per heavy atom. The number of benzene rings is 1. The number of halogens is 1. The Hall–Kier alpha value is -2.67. The van der Waals surface area contributed by atoms with Crippen LogP contribution in [0.2, 0.25) is 5.02 Å². The minimum atomic E-state index is -0.490. The van der Waals surface area contributed by atoms with E-state index in [0.717, 1.165) is 5.56 Å². The van der Waals surface area contributed by atoms with Crippen molar-refractivity contribution in [3.05, 3.63) is 58.8 Å². The molecule has 1 aliphatic heterocycles. The number of nitrogens with zero attached hydrogens (tertiary/aromatic N) is 4. The molecule has 23 heavy (non-hydrogen) atoms. The molecule has 0 radical (unpaired) electrons. The first-order valence-corrected chi connectivity index (χ1v) is 7.28. The van der Waals surface area contributed by atoms with Gasteiger partial charge in [-0.15, -0.1) is 0 Å². The number of esters is 1. The normalized spacial score (nSPS) is 16.5. The lowest BCUT2D eigenvalue weighted by molar-refractivity contribution is -0.138. The monoisotopic (exact) mass is 331 g/mol. The maximum atomic E-state index is 12.5. The summed E-state index contributed by atoms with van der Waals surface area (Å²) in [7, 11) is 0. The first-order valence-electron chi connectivity index (χ1n) is 6.91. The van der Waals surface area contributed by atoms with Crippen LogP contribution in [0, 0.1) is 0 Å². The van der Waals surface area contributed by atoms with Crippen molar-refractivity contribution >= 4 is 23.5 Å². The van der Waals surface area contributed by atoms with Crippen LogP contribution in [-0.2, 0) is 9.53 Å². The number of carbonyl (C=O) groups excluding carboxylic acids is 1. The second kappa shape index (κ2) is 6.21. The number of rotatable bonds is 4. The van der Waals surface area contributed by atoms with Gasteiger partial charge in [0.15, 0.2) is 0 Å². The molecule has 1 aromatic carbocycles. The van der Waals surface area contributed by atoms with E-state index in [1.54, 1.807) is 23.7 Å². The van der Waals surface area contributed by atoms with Gasteiger partial charge in [0.1, 0.15) is 12.6 Å². The van der Waals surface area contributed by atoms with E-state index in [4.69, 9.17) is 16.3 Å². The Morgan fingerprint density at radius 1 is 1.48 bits per heavy atom. The van der Waals surface area contributed by atoms with Crippen molar-refractivity contribution in [3.63, 3.8) is 0 Å². The van der Waals surface area contributed by atoms with Crippen LogP contribution in [0.15, 0.2) is 48.2 Å². The summed E-state index contributed by atoms with van der Waals surface area (Å²) >= 11 is 5.95. The third-order valence-electron chi connectivity index (χ3n) is 3.45. The molecule has 0 bridgehead atoms. The van der Waals surface area contributed by atoms with Gasteiger partial charge in [0, 0.05) is 10.7 Å². The van der Waals surface area contributed by atoms with E-state index < -0.39 is 12.0 Å². The van der Waals surface area contributed by atoms with Gasteiger partial charge in [-0.25, -0.2) is 4.79 Å². The first-order chi connectivity index (χ1) is 11.1. The van der Waals surface area contributed by atoms with Crippen molar-refractivity contribution in [1.29, 1.82) is 0 Å². The molecule has 0 amide bonds. The molecule has 0 spiro atoms. The Bertz CT molecular complexity index is 781. The van der Waals surface area contributed by atoms with Crippen molar-refractivity contribution < 1.29 is 9.53 Å². The first kappa shape index (κ1) is 15.2. The third-order valence-corrected chi connectivity index (χ3v) is 3.70. The smallest absolute Gasteiger partial charge is 0.338 e. The molecular weight excluding hydrogens is 318 g/mol. The summed E-state index contributed by atoms with van der Waals surface area (Å²) < 4.78 is 6.75. The highest BCUT2D eigenvalue weighted by Gasteiger charge is 2.34. The van der Waals surface area contributed by atoms with Gasteiger partial charge < -0.3 is 10.1 Å². The molecule has 118 valence electrons. The van der Waals surface area contributed by atoms with Gasteiger partial charge >= 0.3 is 5.97 Å². The molecule has 2 heterocycles. The zero-order chi connectivity index (χ0) is 16.4. The average molecular weight is 332 g/mol. The molecule has 8 heteroatoms. The van der Waals surface area contributed by atoms with Crippen LogP contribution in [0.3, 0.4) is 0 Å². The molecule has 1 unspecified atom stereocenters. The van der Waals surface area contributed by atoms with Gasteiger partial charge in [-0.1, -0.05) is 41.5 Å². The van der Waals surface area contributed by atoms with Crippen LogP contribution in [0.4, 0.5) is 5.95 Å². The van der Waals surface area contributed by atoms with E-state index in [1.165, 1.54) is 6.08 Å². The third kappa shape index (κ3) is 2.83. The van der Waals surface area contributed by atoms with Crippen molar-refractivity contribution in [2.45, 2.75) is 13.0 Å². The number of tetrazole rings is 1. The van der Waals surface area contributed by atoms with Crippen molar-refractivity contribution in [2.75, 3.05) is 11.9 Å². The standard InChI is InChI=1S/C15H14ClN5O2/c1-3-8-23-14(22)12-9(2)17-15-18-19-20-21(15)13(12)10-4-6-11(16)7-5-10/h3-7,13H,1,8H2,2H3,(H,17,18,20). The summed E-state index contributed by atoms with van der Waals surface area (Å²) in [4.78, 5) is 12.5. The lowest BCUT2D eigenvalue weighted by Gasteiger charge is -2.27. The highest BCUT2D eigenvalue weighted by Crippen LogP contribution is 2.35. The van der Waals surface area contributed by atoms with Gasteiger partial charge in [0.2, 0.25) is 5.95 Å². The zero-order valence-corrected chi connectivity index (χ0v) is 13.1. The van der Waals surface area contributed by atoms with E-state index in [2.05, 4.69) is 27.4 Å². The number of nitrogens with one attached hydrogen (secondary N) is 1. The lowest BCUT2D eigenvalue weighted by Crippen LogP contribution is -2.29.